The molecular weight excluding hydrogens is 608 g/mol. The van der Waals surface area contributed by atoms with E-state index in [9.17, 15) is 9.59 Å². The Morgan fingerprint density at radius 3 is 2.60 bits per heavy atom. The van der Waals surface area contributed by atoms with E-state index in [4.69, 9.17) is 9.73 Å². The molecule has 2 atom stereocenters. The number of halogens is 1. The van der Waals surface area contributed by atoms with Crippen LogP contribution in [0.4, 0.5) is 11.5 Å². The Balaban J connectivity index is 1.17. The first-order chi connectivity index (χ1) is 20.9. The molecule has 3 fully saturated rings. The third kappa shape index (κ3) is 6.51. The van der Waals surface area contributed by atoms with Crippen molar-refractivity contribution in [2.24, 2.45) is 10.4 Å². The highest BCUT2D eigenvalue weighted by Crippen LogP contribution is 2.49. The number of aromatic nitrogens is 2. The standard InChI is InChI=1S/C33H39BrN6O3/c1-39-15-17-40(18-16-39)19-20-43-32(42)27(38-29-28(34)30(41)33(29)11-3-2-4-12-33)21-23-5-7-25(8-6-23)37-31-26-22-35-13-9-24(26)10-14-36-31/h5-10,13-14,22,27-28H,2-4,11-12,15-21H2,1H3,(H,36,37)/t27-,28?/m0/s1. The Morgan fingerprint density at radius 1 is 1.09 bits per heavy atom. The topological polar surface area (TPSA) is 100 Å². The van der Waals surface area contributed by atoms with E-state index in [0.717, 1.165) is 91.8 Å². The van der Waals surface area contributed by atoms with Crippen molar-refractivity contribution in [1.29, 1.82) is 0 Å². The normalized spacial score (nSPS) is 22.4. The fourth-order valence-electron chi connectivity index (χ4n) is 6.49. The summed E-state index contributed by atoms with van der Waals surface area (Å²) in [5.41, 5.74) is 2.17. The van der Waals surface area contributed by atoms with Gasteiger partial charge < -0.3 is 15.0 Å². The lowest BCUT2D eigenvalue weighted by atomic mass is 9.58. The van der Waals surface area contributed by atoms with Gasteiger partial charge in [0.25, 0.3) is 0 Å². The van der Waals surface area contributed by atoms with Crippen LogP contribution < -0.4 is 5.32 Å². The van der Waals surface area contributed by atoms with E-state index in [1.807, 2.05) is 36.4 Å². The number of anilines is 2. The predicted molar refractivity (Wildman–Crippen MR) is 172 cm³/mol. The fraction of sp³-hybridized carbons (Fsp3) is 0.485. The van der Waals surface area contributed by atoms with Crippen LogP contribution in [0.2, 0.25) is 0 Å². The van der Waals surface area contributed by atoms with Gasteiger partial charge in [-0.3, -0.25) is 19.7 Å². The molecule has 1 aliphatic heterocycles. The first-order valence-corrected chi connectivity index (χ1v) is 16.2. The van der Waals surface area contributed by atoms with E-state index in [1.165, 1.54) is 0 Å². The van der Waals surface area contributed by atoms with Crippen LogP contribution in [-0.4, -0.2) is 94.5 Å². The number of nitrogens with one attached hydrogen (secondary N) is 1. The average Bonchev–Trinajstić information content (AvgIpc) is 3.05. The number of benzene rings is 1. The largest absolute Gasteiger partial charge is 0.463 e. The van der Waals surface area contributed by atoms with Gasteiger partial charge in [0, 0.05) is 74.5 Å². The van der Waals surface area contributed by atoms with Crippen LogP contribution in [-0.2, 0) is 20.7 Å². The van der Waals surface area contributed by atoms with E-state index >= 15 is 0 Å². The third-order valence-corrected chi connectivity index (χ3v) is 10.0. The van der Waals surface area contributed by atoms with E-state index in [2.05, 4.69) is 48.1 Å². The van der Waals surface area contributed by atoms with Crippen LogP contribution in [0.25, 0.3) is 10.8 Å². The molecule has 0 bridgehead atoms. The number of nitrogens with zero attached hydrogens (tertiary/aromatic N) is 5. The van der Waals surface area contributed by atoms with E-state index in [-0.39, 0.29) is 11.8 Å². The van der Waals surface area contributed by atoms with Crippen LogP contribution in [0.1, 0.15) is 37.7 Å². The quantitative estimate of drug-likeness (QED) is 0.261. The first-order valence-electron chi connectivity index (χ1n) is 15.3. The molecule has 3 heterocycles. The van der Waals surface area contributed by atoms with Crippen LogP contribution in [0.5, 0.6) is 0 Å². The summed E-state index contributed by atoms with van der Waals surface area (Å²) in [7, 11) is 2.13. The zero-order valence-electron chi connectivity index (χ0n) is 24.7. The molecule has 226 valence electrons. The molecule has 43 heavy (non-hydrogen) atoms. The van der Waals surface area contributed by atoms with Crippen molar-refractivity contribution in [3.8, 4) is 0 Å². The van der Waals surface area contributed by atoms with Crippen LogP contribution >= 0.6 is 15.9 Å². The number of rotatable bonds is 9. The summed E-state index contributed by atoms with van der Waals surface area (Å²) >= 11 is 3.57. The smallest absolute Gasteiger partial charge is 0.331 e. The number of fused-ring (bicyclic) bond motifs is 1. The minimum absolute atomic E-state index is 0.209. The van der Waals surface area contributed by atoms with Crippen molar-refractivity contribution in [1.82, 2.24) is 19.8 Å². The number of ether oxygens (including phenoxy) is 1. The zero-order chi connectivity index (χ0) is 29.8. The van der Waals surface area contributed by atoms with Crippen molar-refractivity contribution in [3.05, 3.63) is 60.6 Å². The number of Topliss-reactive ketones (excluding diaryl/α,β-unsaturated/α-hetero) is 1. The summed E-state index contributed by atoms with van der Waals surface area (Å²) in [6, 6.07) is 11.2. The second kappa shape index (κ2) is 13.2. The average molecular weight is 648 g/mol. The lowest BCUT2D eigenvalue weighted by Gasteiger charge is -2.48. The molecule has 1 spiro atoms. The minimum Gasteiger partial charge on any atom is -0.463 e. The highest BCUT2D eigenvalue weighted by molar-refractivity contribution is 9.10. The number of esters is 1. The number of carbonyl (C=O) groups is 2. The predicted octanol–water partition coefficient (Wildman–Crippen LogP) is 4.81. The van der Waals surface area contributed by atoms with Crippen LogP contribution in [0, 0.1) is 5.41 Å². The molecule has 2 aromatic heterocycles. The summed E-state index contributed by atoms with van der Waals surface area (Å²) < 4.78 is 5.83. The zero-order valence-corrected chi connectivity index (χ0v) is 26.3. The van der Waals surface area contributed by atoms with E-state index in [0.29, 0.717) is 19.6 Å². The second-order valence-electron chi connectivity index (χ2n) is 12.0. The molecule has 2 saturated carbocycles. The van der Waals surface area contributed by atoms with Crippen molar-refractivity contribution < 1.29 is 14.3 Å². The molecule has 10 heteroatoms. The molecule has 1 aromatic carbocycles. The number of hydrogen-bond acceptors (Lipinski definition) is 9. The Kier molecular flexibility index (Phi) is 9.16. The summed E-state index contributed by atoms with van der Waals surface area (Å²) in [6.45, 7) is 5.03. The van der Waals surface area contributed by atoms with Gasteiger partial charge in [-0.25, -0.2) is 9.78 Å². The van der Waals surface area contributed by atoms with Gasteiger partial charge in [0.1, 0.15) is 17.3 Å². The maximum atomic E-state index is 13.5. The number of ketones is 1. The van der Waals surface area contributed by atoms with Gasteiger partial charge in [-0.15, -0.1) is 0 Å². The first kappa shape index (κ1) is 29.8. The molecule has 0 radical (unpaired) electrons. The number of hydrogen-bond donors (Lipinski definition) is 1. The highest BCUT2D eigenvalue weighted by atomic mass is 79.9. The highest BCUT2D eigenvalue weighted by Gasteiger charge is 2.58. The number of aliphatic imine (C=N–C) groups is 1. The van der Waals surface area contributed by atoms with Crippen molar-refractivity contribution in [3.63, 3.8) is 0 Å². The monoisotopic (exact) mass is 646 g/mol. The van der Waals surface area contributed by atoms with Crippen LogP contribution in [0.3, 0.4) is 0 Å². The number of likely N-dealkylation sites (N-methyl/N-ethyl adjacent to an activating group) is 1. The lowest BCUT2D eigenvalue weighted by Crippen LogP contribution is -2.61. The van der Waals surface area contributed by atoms with Crippen molar-refractivity contribution >= 4 is 55.7 Å². The third-order valence-electron chi connectivity index (χ3n) is 9.17. The van der Waals surface area contributed by atoms with Gasteiger partial charge in [0.15, 0.2) is 11.8 Å². The van der Waals surface area contributed by atoms with Gasteiger partial charge in [0.05, 0.1) is 5.41 Å². The molecule has 1 saturated heterocycles. The number of pyridine rings is 2. The molecule has 1 N–H and O–H groups in total. The summed E-state index contributed by atoms with van der Waals surface area (Å²) in [4.78, 5) is 44.5. The Bertz CT molecular complexity index is 1480. The minimum atomic E-state index is -0.709. The van der Waals surface area contributed by atoms with E-state index in [1.54, 1.807) is 18.6 Å². The number of alkyl halides is 1. The number of carbonyl (C=O) groups excluding carboxylic acids is 2. The van der Waals surface area contributed by atoms with Gasteiger partial charge in [0.2, 0.25) is 0 Å². The maximum absolute atomic E-state index is 13.5. The molecule has 1 unspecified atom stereocenters. The molecule has 9 nitrogen and oxygen atoms in total. The van der Waals surface area contributed by atoms with Crippen molar-refractivity contribution in [2.75, 3.05) is 51.7 Å². The second-order valence-corrected chi connectivity index (χ2v) is 12.9. The SMILES string of the molecule is CN1CCN(CCOC(=O)[C@H](Cc2ccc(Nc3nccc4ccncc34)cc2)N=C2C(Br)C(=O)C23CCCCC3)CC1. The Morgan fingerprint density at radius 2 is 1.84 bits per heavy atom. The molecule has 0 amide bonds. The van der Waals surface area contributed by atoms with Gasteiger partial charge in [-0.05, 0) is 55.1 Å². The maximum Gasteiger partial charge on any atom is 0.331 e. The summed E-state index contributed by atoms with van der Waals surface area (Å²) in [6.07, 6.45) is 10.5. The van der Waals surface area contributed by atoms with Gasteiger partial charge in [-0.1, -0.05) is 47.3 Å². The molecular formula is C33H39BrN6O3. The molecule has 6 rings (SSSR count). The number of piperazine rings is 1. The molecule has 3 aromatic rings. The fourth-order valence-corrected chi connectivity index (χ4v) is 7.49. The molecule has 2 aliphatic carbocycles. The van der Waals surface area contributed by atoms with Gasteiger partial charge in [-0.2, -0.15) is 0 Å². The van der Waals surface area contributed by atoms with Crippen molar-refractivity contribution in [2.45, 2.75) is 49.4 Å². The summed E-state index contributed by atoms with van der Waals surface area (Å²) in [5, 5.41) is 5.40. The van der Waals surface area contributed by atoms with Gasteiger partial charge >= 0.3 is 5.97 Å². The Hall–Kier alpha value is -3.21. The molecule has 3 aliphatic rings. The lowest BCUT2D eigenvalue weighted by molar-refractivity contribution is -0.145. The van der Waals surface area contributed by atoms with Crippen LogP contribution in [0.15, 0.2) is 60.0 Å². The van der Waals surface area contributed by atoms with E-state index < -0.39 is 16.3 Å². The Labute approximate surface area is 261 Å². The summed E-state index contributed by atoms with van der Waals surface area (Å²) in [5.74, 6) is 0.615.